The van der Waals surface area contributed by atoms with Crippen molar-refractivity contribution in [1.29, 1.82) is 0 Å². The Kier molecular flexibility index (Phi) is 5.43. The standard InChI is InChI=1S/C15H20BrNO3/c1-10-6-7-14(11(16)8-10)20-9-15(19)17-12-4-2-3-5-13(12)18/h6-8,12-13,18H,2-5,9H2,1H3,(H,17,19). The molecule has 1 aromatic carbocycles. The van der Waals surface area contributed by atoms with E-state index in [2.05, 4.69) is 21.2 Å². The molecule has 1 amide bonds. The molecule has 2 rings (SSSR count). The highest BCUT2D eigenvalue weighted by atomic mass is 79.9. The molecule has 0 heterocycles. The first-order valence-corrected chi connectivity index (χ1v) is 7.72. The van der Waals surface area contributed by atoms with Crippen LogP contribution in [0, 0.1) is 6.92 Å². The highest BCUT2D eigenvalue weighted by molar-refractivity contribution is 9.10. The minimum absolute atomic E-state index is 0.0368. The van der Waals surface area contributed by atoms with Crippen molar-refractivity contribution in [3.8, 4) is 5.75 Å². The van der Waals surface area contributed by atoms with Crippen molar-refractivity contribution < 1.29 is 14.6 Å². The first kappa shape index (κ1) is 15.3. The van der Waals surface area contributed by atoms with Crippen LogP contribution in [0.4, 0.5) is 0 Å². The number of carbonyl (C=O) groups is 1. The number of ether oxygens (including phenoxy) is 1. The van der Waals surface area contributed by atoms with Gasteiger partial charge in [0, 0.05) is 0 Å². The number of halogens is 1. The third-order valence-electron chi connectivity index (χ3n) is 3.52. The monoisotopic (exact) mass is 341 g/mol. The minimum Gasteiger partial charge on any atom is -0.483 e. The van der Waals surface area contributed by atoms with E-state index in [-0.39, 0.29) is 18.6 Å². The predicted molar refractivity (Wildman–Crippen MR) is 80.8 cm³/mol. The van der Waals surface area contributed by atoms with Crippen LogP contribution in [0.2, 0.25) is 0 Å². The summed E-state index contributed by atoms with van der Waals surface area (Å²) in [4.78, 5) is 11.8. The average Bonchev–Trinajstić information content (AvgIpc) is 2.40. The summed E-state index contributed by atoms with van der Waals surface area (Å²) >= 11 is 3.41. The summed E-state index contributed by atoms with van der Waals surface area (Å²) in [6, 6.07) is 5.57. The fourth-order valence-electron chi connectivity index (χ4n) is 2.39. The van der Waals surface area contributed by atoms with Gasteiger partial charge in [0.2, 0.25) is 0 Å². The van der Waals surface area contributed by atoms with E-state index in [9.17, 15) is 9.90 Å². The molecule has 1 fully saturated rings. The summed E-state index contributed by atoms with van der Waals surface area (Å²) in [5.41, 5.74) is 1.12. The van der Waals surface area contributed by atoms with Crippen molar-refractivity contribution in [3.05, 3.63) is 28.2 Å². The lowest BCUT2D eigenvalue weighted by Crippen LogP contribution is -2.46. The number of rotatable bonds is 4. The normalized spacial score (nSPS) is 22.4. The van der Waals surface area contributed by atoms with Crippen molar-refractivity contribution in [3.63, 3.8) is 0 Å². The maximum Gasteiger partial charge on any atom is 0.258 e. The summed E-state index contributed by atoms with van der Waals surface area (Å²) in [5.74, 6) is 0.457. The van der Waals surface area contributed by atoms with Gasteiger partial charge in [-0.3, -0.25) is 4.79 Å². The lowest BCUT2D eigenvalue weighted by atomic mass is 9.92. The molecule has 1 saturated carbocycles. The van der Waals surface area contributed by atoms with Gasteiger partial charge in [0.25, 0.3) is 5.91 Å². The quantitative estimate of drug-likeness (QED) is 0.884. The third kappa shape index (κ3) is 4.21. The Morgan fingerprint density at radius 1 is 1.45 bits per heavy atom. The van der Waals surface area contributed by atoms with Gasteiger partial charge in [-0.25, -0.2) is 0 Å². The number of hydrogen-bond donors (Lipinski definition) is 2. The summed E-state index contributed by atoms with van der Waals surface area (Å²) in [6.45, 7) is 1.95. The summed E-state index contributed by atoms with van der Waals surface area (Å²) in [6.07, 6.45) is 3.24. The van der Waals surface area contributed by atoms with Crippen LogP contribution in [0.3, 0.4) is 0 Å². The van der Waals surface area contributed by atoms with Gasteiger partial charge in [0.15, 0.2) is 6.61 Å². The van der Waals surface area contributed by atoms with Crippen LogP contribution in [0.1, 0.15) is 31.2 Å². The zero-order valence-corrected chi connectivity index (χ0v) is 13.1. The first-order valence-electron chi connectivity index (χ1n) is 6.92. The fraction of sp³-hybridized carbons (Fsp3) is 0.533. The molecule has 0 bridgehead atoms. The second-order valence-corrected chi connectivity index (χ2v) is 6.10. The smallest absolute Gasteiger partial charge is 0.258 e. The number of hydrogen-bond acceptors (Lipinski definition) is 3. The minimum atomic E-state index is -0.432. The van der Waals surface area contributed by atoms with Crippen LogP contribution >= 0.6 is 15.9 Å². The van der Waals surface area contributed by atoms with Crippen LogP contribution in [0.15, 0.2) is 22.7 Å². The molecule has 0 aromatic heterocycles. The molecule has 110 valence electrons. The highest BCUT2D eigenvalue weighted by Crippen LogP contribution is 2.25. The van der Waals surface area contributed by atoms with Gasteiger partial charge in [-0.15, -0.1) is 0 Å². The van der Waals surface area contributed by atoms with Crippen LogP contribution in [-0.4, -0.2) is 29.8 Å². The van der Waals surface area contributed by atoms with Gasteiger partial charge in [0.05, 0.1) is 16.6 Å². The SMILES string of the molecule is Cc1ccc(OCC(=O)NC2CCCCC2O)c(Br)c1. The lowest BCUT2D eigenvalue weighted by molar-refractivity contribution is -0.125. The second kappa shape index (κ2) is 7.09. The number of aliphatic hydroxyl groups is 1. The van der Waals surface area contributed by atoms with Gasteiger partial charge in [-0.1, -0.05) is 18.9 Å². The van der Waals surface area contributed by atoms with Crippen molar-refractivity contribution in [2.75, 3.05) is 6.61 Å². The second-order valence-electron chi connectivity index (χ2n) is 5.25. The molecule has 5 heteroatoms. The molecule has 0 saturated heterocycles. The zero-order chi connectivity index (χ0) is 14.5. The number of amides is 1. The third-order valence-corrected chi connectivity index (χ3v) is 4.14. The Bertz CT molecular complexity index is 478. The summed E-state index contributed by atoms with van der Waals surface area (Å²) in [5, 5.41) is 12.7. The van der Waals surface area contributed by atoms with E-state index >= 15 is 0 Å². The fourth-order valence-corrected chi connectivity index (χ4v) is 3.00. The Hall–Kier alpha value is -1.07. The van der Waals surface area contributed by atoms with E-state index in [1.54, 1.807) is 0 Å². The molecule has 4 nitrogen and oxygen atoms in total. The Morgan fingerprint density at radius 2 is 2.20 bits per heavy atom. The zero-order valence-electron chi connectivity index (χ0n) is 11.6. The van der Waals surface area contributed by atoms with Crippen molar-refractivity contribution in [2.45, 2.75) is 44.8 Å². The van der Waals surface area contributed by atoms with Crippen molar-refractivity contribution in [1.82, 2.24) is 5.32 Å². The number of aryl methyl sites for hydroxylation is 1. The molecule has 2 N–H and O–H groups in total. The van der Waals surface area contributed by atoms with Gasteiger partial charge in [0.1, 0.15) is 5.75 Å². The van der Waals surface area contributed by atoms with Gasteiger partial charge < -0.3 is 15.2 Å². The van der Waals surface area contributed by atoms with E-state index in [0.717, 1.165) is 35.7 Å². The maximum absolute atomic E-state index is 11.8. The first-order chi connectivity index (χ1) is 9.56. The number of aliphatic hydroxyl groups excluding tert-OH is 1. The van der Waals surface area contributed by atoms with Crippen molar-refractivity contribution in [2.24, 2.45) is 0 Å². The topological polar surface area (TPSA) is 58.6 Å². The molecule has 2 atom stereocenters. The van der Waals surface area contributed by atoms with E-state index in [4.69, 9.17) is 4.74 Å². The van der Waals surface area contributed by atoms with Crippen LogP contribution < -0.4 is 10.1 Å². The van der Waals surface area contributed by atoms with Crippen LogP contribution in [0.5, 0.6) is 5.75 Å². The molecule has 1 aliphatic carbocycles. The van der Waals surface area contributed by atoms with E-state index in [1.165, 1.54) is 0 Å². The predicted octanol–water partition coefficient (Wildman–Crippen LogP) is 2.56. The lowest BCUT2D eigenvalue weighted by Gasteiger charge is -2.28. The average molecular weight is 342 g/mol. The Morgan fingerprint density at radius 3 is 2.90 bits per heavy atom. The maximum atomic E-state index is 11.8. The largest absolute Gasteiger partial charge is 0.483 e. The van der Waals surface area contributed by atoms with Crippen LogP contribution in [-0.2, 0) is 4.79 Å². The number of nitrogens with one attached hydrogen (secondary N) is 1. The summed E-state index contributed by atoms with van der Waals surface area (Å²) in [7, 11) is 0. The van der Waals surface area contributed by atoms with E-state index < -0.39 is 6.10 Å². The number of benzene rings is 1. The molecule has 1 aliphatic rings. The molecule has 2 unspecified atom stereocenters. The van der Waals surface area contributed by atoms with E-state index in [1.807, 2.05) is 25.1 Å². The molecule has 0 radical (unpaired) electrons. The van der Waals surface area contributed by atoms with Gasteiger partial charge in [-0.05, 0) is 53.4 Å². The molecule has 0 spiro atoms. The summed E-state index contributed by atoms with van der Waals surface area (Å²) < 4.78 is 6.33. The van der Waals surface area contributed by atoms with E-state index in [0.29, 0.717) is 5.75 Å². The molecular formula is C15H20BrNO3. The van der Waals surface area contributed by atoms with Gasteiger partial charge >= 0.3 is 0 Å². The Labute approximate surface area is 127 Å². The number of carbonyl (C=O) groups excluding carboxylic acids is 1. The van der Waals surface area contributed by atoms with Crippen LogP contribution in [0.25, 0.3) is 0 Å². The Balaban J connectivity index is 1.82. The molecule has 1 aromatic rings. The van der Waals surface area contributed by atoms with Gasteiger partial charge in [-0.2, -0.15) is 0 Å². The highest BCUT2D eigenvalue weighted by Gasteiger charge is 2.24. The molecular weight excluding hydrogens is 322 g/mol. The molecule has 0 aliphatic heterocycles. The van der Waals surface area contributed by atoms with Crippen molar-refractivity contribution >= 4 is 21.8 Å². The molecule has 20 heavy (non-hydrogen) atoms.